The molecule has 240 valence electrons. The summed E-state index contributed by atoms with van der Waals surface area (Å²) in [5.74, 6) is -2.10. The van der Waals surface area contributed by atoms with E-state index in [1.807, 2.05) is 42.5 Å². The van der Waals surface area contributed by atoms with Crippen molar-refractivity contribution in [2.75, 3.05) is 13.4 Å². The standard InChI is InChI=1S/C32H46O11/c1-22(2)41-30(36)14-10-5-4-9-13-26-27(18-17-25(35)16-15-24-11-7-6-8-12-24)29(19-28(26)42-23(3)34)43-32(38)39-20-31(37)40-21-33/h4,6-9,11-12,22,25-29,33,35H,5,10,13-21H2,1-3H3/b9-4-/t25-,26+,27+,28-,29+/m0/s1. The Hall–Kier alpha value is -3.44. The number of carbonyl (C=O) groups excluding carboxylic acids is 4. The number of aliphatic hydroxyl groups excluding tert-OH is 2. The van der Waals surface area contributed by atoms with Crippen LogP contribution in [-0.2, 0) is 44.5 Å². The molecule has 11 nitrogen and oxygen atoms in total. The van der Waals surface area contributed by atoms with Crippen molar-refractivity contribution in [2.24, 2.45) is 11.8 Å². The molecule has 1 aromatic rings. The van der Waals surface area contributed by atoms with E-state index in [-0.39, 0.29) is 30.3 Å². The zero-order valence-corrected chi connectivity index (χ0v) is 25.4. The van der Waals surface area contributed by atoms with Crippen LogP contribution in [-0.4, -0.2) is 72.1 Å². The smallest absolute Gasteiger partial charge is 0.463 e. The normalized spacial score (nSPS) is 20.5. The molecule has 1 fully saturated rings. The molecular formula is C32H46O11. The summed E-state index contributed by atoms with van der Waals surface area (Å²) in [6.45, 7) is 3.37. The zero-order valence-electron chi connectivity index (χ0n) is 25.4. The van der Waals surface area contributed by atoms with Gasteiger partial charge in [0.25, 0.3) is 0 Å². The first-order valence-corrected chi connectivity index (χ1v) is 14.9. The summed E-state index contributed by atoms with van der Waals surface area (Å²) in [5.41, 5.74) is 1.13. The number of ether oxygens (including phenoxy) is 5. The first-order valence-electron chi connectivity index (χ1n) is 14.9. The Balaban J connectivity index is 2.06. The molecule has 11 heteroatoms. The van der Waals surface area contributed by atoms with Crippen LogP contribution in [0, 0.1) is 11.8 Å². The number of aryl methyl sites for hydroxylation is 1. The Morgan fingerprint density at radius 2 is 1.67 bits per heavy atom. The summed E-state index contributed by atoms with van der Waals surface area (Å²) < 4.78 is 25.6. The molecule has 0 amide bonds. The molecule has 1 aliphatic carbocycles. The third kappa shape index (κ3) is 14.5. The number of benzene rings is 1. The SMILES string of the molecule is CC(=O)O[C@H]1C[C@@H](OC(=O)OCC(=O)OCO)[C@H](CC[C@@H](O)CCc2ccccc2)[C@H]1C/C=C\CCCC(=O)OC(C)C. The van der Waals surface area contributed by atoms with Gasteiger partial charge in [-0.2, -0.15) is 0 Å². The van der Waals surface area contributed by atoms with E-state index in [0.29, 0.717) is 44.9 Å². The number of rotatable bonds is 18. The highest BCUT2D eigenvalue weighted by molar-refractivity contribution is 5.73. The Morgan fingerprint density at radius 3 is 2.35 bits per heavy atom. The summed E-state index contributed by atoms with van der Waals surface area (Å²) in [4.78, 5) is 47.6. The minimum absolute atomic E-state index is 0.154. The highest BCUT2D eigenvalue weighted by atomic mass is 16.7. The summed E-state index contributed by atoms with van der Waals surface area (Å²) in [6.07, 6.45) is 5.49. The van der Waals surface area contributed by atoms with Crippen molar-refractivity contribution in [3.63, 3.8) is 0 Å². The fraction of sp³-hybridized carbons (Fsp3) is 0.625. The van der Waals surface area contributed by atoms with Crippen molar-refractivity contribution in [3.05, 3.63) is 48.0 Å². The molecule has 2 rings (SSSR count). The lowest BCUT2D eigenvalue weighted by Gasteiger charge is -2.26. The van der Waals surface area contributed by atoms with E-state index in [4.69, 9.17) is 24.1 Å². The number of hydrogen-bond donors (Lipinski definition) is 2. The summed E-state index contributed by atoms with van der Waals surface area (Å²) in [5, 5.41) is 19.4. The summed E-state index contributed by atoms with van der Waals surface area (Å²) in [6, 6.07) is 9.87. The zero-order chi connectivity index (χ0) is 31.6. The molecule has 0 heterocycles. The first kappa shape index (κ1) is 35.8. The first-order chi connectivity index (χ1) is 20.6. The average molecular weight is 607 g/mol. The van der Waals surface area contributed by atoms with Gasteiger partial charge < -0.3 is 33.9 Å². The van der Waals surface area contributed by atoms with E-state index in [1.54, 1.807) is 13.8 Å². The van der Waals surface area contributed by atoms with Crippen molar-refractivity contribution in [1.82, 2.24) is 0 Å². The van der Waals surface area contributed by atoms with Gasteiger partial charge in [-0.05, 0) is 64.4 Å². The maximum Gasteiger partial charge on any atom is 0.509 e. The number of unbranched alkanes of at least 4 members (excludes halogenated alkanes) is 1. The third-order valence-corrected chi connectivity index (χ3v) is 7.20. The second-order valence-electron chi connectivity index (χ2n) is 10.9. The number of allylic oxidation sites excluding steroid dienone is 2. The van der Waals surface area contributed by atoms with Gasteiger partial charge in [0.1, 0.15) is 12.2 Å². The lowest BCUT2D eigenvalue weighted by Crippen LogP contribution is -2.28. The van der Waals surface area contributed by atoms with Crippen LogP contribution in [0.25, 0.3) is 0 Å². The molecule has 1 aliphatic rings. The number of hydrogen-bond acceptors (Lipinski definition) is 11. The number of aliphatic hydroxyl groups is 2. The fourth-order valence-corrected chi connectivity index (χ4v) is 5.29. The van der Waals surface area contributed by atoms with Crippen LogP contribution in [0.15, 0.2) is 42.5 Å². The fourth-order valence-electron chi connectivity index (χ4n) is 5.29. The molecule has 5 atom stereocenters. The van der Waals surface area contributed by atoms with Crippen LogP contribution >= 0.6 is 0 Å². The van der Waals surface area contributed by atoms with E-state index in [0.717, 1.165) is 12.0 Å². The predicted octanol–water partition coefficient (Wildman–Crippen LogP) is 4.41. The van der Waals surface area contributed by atoms with Gasteiger partial charge in [0.05, 0.1) is 12.2 Å². The van der Waals surface area contributed by atoms with E-state index in [2.05, 4.69) is 4.74 Å². The molecule has 1 aromatic carbocycles. The second-order valence-corrected chi connectivity index (χ2v) is 10.9. The number of carbonyl (C=O) groups is 4. The highest BCUT2D eigenvalue weighted by Crippen LogP contribution is 2.42. The Kier molecular flexibility index (Phi) is 16.4. The second kappa shape index (κ2) is 19.7. The van der Waals surface area contributed by atoms with E-state index >= 15 is 0 Å². The van der Waals surface area contributed by atoms with Crippen LogP contribution in [0.1, 0.15) is 77.7 Å². The minimum Gasteiger partial charge on any atom is -0.463 e. The molecule has 0 aliphatic heterocycles. The van der Waals surface area contributed by atoms with E-state index in [1.165, 1.54) is 6.92 Å². The molecule has 0 aromatic heterocycles. The van der Waals surface area contributed by atoms with Gasteiger partial charge in [-0.1, -0.05) is 42.5 Å². The molecule has 0 bridgehead atoms. The molecule has 0 spiro atoms. The Labute approximate surface area is 253 Å². The lowest BCUT2D eigenvalue weighted by atomic mass is 9.85. The summed E-state index contributed by atoms with van der Waals surface area (Å²) >= 11 is 0. The van der Waals surface area contributed by atoms with Gasteiger partial charge in [-0.25, -0.2) is 9.59 Å². The maximum absolute atomic E-state index is 12.4. The van der Waals surface area contributed by atoms with Gasteiger partial charge in [0, 0.05) is 31.6 Å². The van der Waals surface area contributed by atoms with Crippen molar-refractivity contribution < 1.29 is 53.1 Å². The van der Waals surface area contributed by atoms with E-state index < -0.39 is 49.8 Å². The molecule has 1 saturated carbocycles. The third-order valence-electron chi connectivity index (χ3n) is 7.20. The van der Waals surface area contributed by atoms with Gasteiger partial charge in [0.2, 0.25) is 0 Å². The summed E-state index contributed by atoms with van der Waals surface area (Å²) in [7, 11) is 0. The molecule has 0 saturated heterocycles. The van der Waals surface area contributed by atoms with Gasteiger partial charge in [0.15, 0.2) is 13.4 Å². The predicted molar refractivity (Wildman–Crippen MR) is 155 cm³/mol. The molecular weight excluding hydrogens is 560 g/mol. The molecule has 43 heavy (non-hydrogen) atoms. The maximum atomic E-state index is 12.4. The van der Waals surface area contributed by atoms with Crippen molar-refractivity contribution >= 4 is 24.1 Å². The molecule has 2 N–H and O–H groups in total. The van der Waals surface area contributed by atoms with Crippen LogP contribution < -0.4 is 0 Å². The van der Waals surface area contributed by atoms with Gasteiger partial charge in [-0.3, -0.25) is 9.59 Å². The quantitative estimate of drug-likeness (QED) is 0.0802. The van der Waals surface area contributed by atoms with Crippen LogP contribution in [0.5, 0.6) is 0 Å². The molecule has 0 unspecified atom stereocenters. The van der Waals surface area contributed by atoms with Crippen LogP contribution in [0.3, 0.4) is 0 Å². The monoisotopic (exact) mass is 606 g/mol. The van der Waals surface area contributed by atoms with Crippen molar-refractivity contribution in [1.29, 1.82) is 0 Å². The topological polar surface area (TPSA) is 155 Å². The Morgan fingerprint density at radius 1 is 0.953 bits per heavy atom. The van der Waals surface area contributed by atoms with Crippen molar-refractivity contribution in [2.45, 2.75) is 103 Å². The van der Waals surface area contributed by atoms with Gasteiger partial charge in [-0.15, -0.1) is 0 Å². The van der Waals surface area contributed by atoms with E-state index in [9.17, 15) is 24.3 Å². The minimum atomic E-state index is -1.08. The van der Waals surface area contributed by atoms with Gasteiger partial charge >= 0.3 is 24.1 Å². The molecule has 0 radical (unpaired) electrons. The Bertz CT molecular complexity index is 1020. The largest absolute Gasteiger partial charge is 0.509 e. The van der Waals surface area contributed by atoms with Crippen LogP contribution in [0.2, 0.25) is 0 Å². The lowest BCUT2D eigenvalue weighted by molar-refractivity contribution is -0.156. The number of esters is 3. The highest BCUT2D eigenvalue weighted by Gasteiger charge is 2.46. The van der Waals surface area contributed by atoms with Crippen LogP contribution in [0.4, 0.5) is 4.79 Å². The van der Waals surface area contributed by atoms with Crippen molar-refractivity contribution in [3.8, 4) is 0 Å². The average Bonchev–Trinajstić information content (AvgIpc) is 3.26.